The fourth-order valence-corrected chi connectivity index (χ4v) is 3.58. The van der Waals surface area contributed by atoms with E-state index in [4.69, 9.17) is 4.98 Å². The van der Waals surface area contributed by atoms with E-state index in [2.05, 4.69) is 75.2 Å². The number of hydrogen-bond acceptors (Lipinski definition) is 2. The Kier molecular flexibility index (Phi) is 3.00. The molecule has 0 bridgehead atoms. The normalized spacial score (nSPS) is 17.0. The number of fused-ring (bicyclic) bond motifs is 2. The van der Waals surface area contributed by atoms with Crippen LogP contribution in [0.3, 0.4) is 0 Å². The zero-order valence-electron chi connectivity index (χ0n) is 11.8. The third-order valence-corrected chi connectivity index (χ3v) is 4.69. The molecule has 1 unspecified atom stereocenters. The number of halogens is 1. The fraction of sp³-hybridized carbons (Fsp3) is 0.235. The Morgan fingerprint density at radius 1 is 1.29 bits per heavy atom. The minimum atomic E-state index is 0.326. The molecule has 4 heteroatoms. The lowest BCUT2D eigenvalue weighted by atomic mass is 10.0. The second kappa shape index (κ2) is 4.88. The van der Waals surface area contributed by atoms with E-state index < -0.39 is 0 Å². The SMILES string of the molecule is CCn1c(C2CNc3ccccc32)nc2cc(Br)ccc21. The van der Waals surface area contributed by atoms with Crippen LogP contribution in [0.1, 0.15) is 24.2 Å². The highest BCUT2D eigenvalue weighted by Gasteiger charge is 2.27. The molecule has 0 saturated heterocycles. The first kappa shape index (κ1) is 12.9. The summed E-state index contributed by atoms with van der Waals surface area (Å²) >= 11 is 3.54. The van der Waals surface area contributed by atoms with Crippen molar-refractivity contribution in [3.8, 4) is 0 Å². The number of aryl methyl sites for hydroxylation is 1. The van der Waals surface area contributed by atoms with Crippen molar-refractivity contribution in [1.29, 1.82) is 0 Å². The maximum Gasteiger partial charge on any atom is 0.119 e. The predicted molar refractivity (Wildman–Crippen MR) is 89.9 cm³/mol. The molecule has 1 aliphatic heterocycles. The molecular formula is C17H16BrN3. The Morgan fingerprint density at radius 2 is 2.14 bits per heavy atom. The maximum atomic E-state index is 4.92. The number of rotatable bonds is 2. The average molecular weight is 342 g/mol. The van der Waals surface area contributed by atoms with Crippen molar-refractivity contribution in [3.05, 3.63) is 58.3 Å². The van der Waals surface area contributed by atoms with Gasteiger partial charge in [-0.2, -0.15) is 0 Å². The predicted octanol–water partition coefficient (Wildman–Crippen LogP) is 4.38. The van der Waals surface area contributed by atoms with Crippen molar-refractivity contribution in [2.75, 3.05) is 11.9 Å². The summed E-state index contributed by atoms with van der Waals surface area (Å²) in [4.78, 5) is 4.92. The van der Waals surface area contributed by atoms with Crippen LogP contribution in [0.25, 0.3) is 11.0 Å². The van der Waals surface area contributed by atoms with Crippen LogP contribution in [-0.2, 0) is 6.54 Å². The van der Waals surface area contributed by atoms with E-state index >= 15 is 0 Å². The number of anilines is 1. The van der Waals surface area contributed by atoms with E-state index in [1.54, 1.807) is 0 Å². The lowest BCUT2D eigenvalue weighted by Crippen LogP contribution is -2.11. The van der Waals surface area contributed by atoms with E-state index in [0.717, 1.165) is 28.9 Å². The van der Waals surface area contributed by atoms with Gasteiger partial charge in [-0.15, -0.1) is 0 Å². The highest BCUT2D eigenvalue weighted by molar-refractivity contribution is 9.10. The molecule has 0 spiro atoms. The van der Waals surface area contributed by atoms with E-state index in [-0.39, 0.29) is 0 Å². The molecule has 3 aromatic rings. The minimum absolute atomic E-state index is 0.326. The topological polar surface area (TPSA) is 29.9 Å². The van der Waals surface area contributed by atoms with E-state index in [9.17, 15) is 0 Å². The van der Waals surface area contributed by atoms with Crippen LogP contribution in [0.2, 0.25) is 0 Å². The van der Waals surface area contributed by atoms with Crippen molar-refractivity contribution >= 4 is 32.7 Å². The highest BCUT2D eigenvalue weighted by atomic mass is 79.9. The Morgan fingerprint density at radius 3 is 3.00 bits per heavy atom. The molecule has 3 nitrogen and oxygen atoms in total. The molecule has 0 saturated carbocycles. The Bertz CT molecular complexity index is 822. The summed E-state index contributed by atoms with van der Waals surface area (Å²) in [6, 6.07) is 14.9. The van der Waals surface area contributed by atoms with E-state index in [1.807, 2.05) is 0 Å². The van der Waals surface area contributed by atoms with Crippen molar-refractivity contribution in [3.63, 3.8) is 0 Å². The van der Waals surface area contributed by atoms with Gasteiger partial charge in [0.05, 0.1) is 17.0 Å². The summed E-state index contributed by atoms with van der Waals surface area (Å²) in [6.07, 6.45) is 0. The quantitative estimate of drug-likeness (QED) is 0.749. The van der Waals surface area contributed by atoms with Crippen LogP contribution >= 0.6 is 15.9 Å². The van der Waals surface area contributed by atoms with Crippen molar-refractivity contribution in [2.45, 2.75) is 19.4 Å². The van der Waals surface area contributed by atoms with Crippen LogP contribution in [-0.4, -0.2) is 16.1 Å². The van der Waals surface area contributed by atoms with E-state index in [0.29, 0.717) is 5.92 Å². The van der Waals surface area contributed by atoms with Gasteiger partial charge in [0.25, 0.3) is 0 Å². The molecule has 0 radical (unpaired) electrons. The van der Waals surface area contributed by atoms with E-state index in [1.165, 1.54) is 16.8 Å². The van der Waals surface area contributed by atoms with Gasteiger partial charge in [0, 0.05) is 23.2 Å². The lowest BCUT2D eigenvalue weighted by Gasteiger charge is -2.12. The number of nitrogens with one attached hydrogen (secondary N) is 1. The monoisotopic (exact) mass is 341 g/mol. The van der Waals surface area contributed by atoms with Crippen molar-refractivity contribution in [1.82, 2.24) is 9.55 Å². The average Bonchev–Trinajstić information content (AvgIpc) is 3.06. The maximum absolute atomic E-state index is 4.92. The summed E-state index contributed by atoms with van der Waals surface area (Å²) in [5.74, 6) is 1.48. The number of aromatic nitrogens is 2. The summed E-state index contributed by atoms with van der Waals surface area (Å²) in [5, 5.41) is 3.49. The molecule has 2 aromatic carbocycles. The second-order valence-corrected chi connectivity index (χ2v) is 6.28. The zero-order valence-corrected chi connectivity index (χ0v) is 13.4. The Balaban J connectivity index is 1.91. The number of hydrogen-bond donors (Lipinski definition) is 1. The molecule has 2 heterocycles. The van der Waals surface area contributed by atoms with Crippen LogP contribution < -0.4 is 5.32 Å². The molecule has 0 fully saturated rings. The molecule has 106 valence electrons. The fourth-order valence-electron chi connectivity index (χ4n) is 3.23. The van der Waals surface area contributed by atoms with Crippen LogP contribution in [0.4, 0.5) is 5.69 Å². The molecule has 1 aliphatic rings. The minimum Gasteiger partial charge on any atom is -0.384 e. The van der Waals surface area contributed by atoms with Gasteiger partial charge in [0.15, 0.2) is 0 Å². The second-order valence-electron chi connectivity index (χ2n) is 5.37. The van der Waals surface area contributed by atoms with Gasteiger partial charge >= 0.3 is 0 Å². The molecular weight excluding hydrogens is 326 g/mol. The van der Waals surface area contributed by atoms with Crippen molar-refractivity contribution in [2.24, 2.45) is 0 Å². The lowest BCUT2D eigenvalue weighted by molar-refractivity contribution is 0.683. The first-order chi connectivity index (χ1) is 10.3. The van der Waals surface area contributed by atoms with Gasteiger partial charge in [-0.25, -0.2) is 4.98 Å². The smallest absolute Gasteiger partial charge is 0.119 e. The molecule has 0 amide bonds. The van der Waals surface area contributed by atoms with Gasteiger partial charge in [0.1, 0.15) is 5.82 Å². The van der Waals surface area contributed by atoms with Gasteiger partial charge in [-0.05, 0) is 36.8 Å². The van der Waals surface area contributed by atoms with Crippen molar-refractivity contribution < 1.29 is 0 Å². The molecule has 1 N–H and O–H groups in total. The Labute approximate surface area is 132 Å². The first-order valence-corrected chi connectivity index (χ1v) is 8.05. The molecule has 0 aliphatic carbocycles. The van der Waals surface area contributed by atoms with Gasteiger partial charge in [-0.1, -0.05) is 34.1 Å². The summed E-state index contributed by atoms with van der Waals surface area (Å²) in [7, 11) is 0. The third kappa shape index (κ3) is 1.97. The number of nitrogens with zero attached hydrogens (tertiary/aromatic N) is 2. The highest BCUT2D eigenvalue weighted by Crippen LogP contribution is 2.36. The Hall–Kier alpha value is -1.81. The summed E-state index contributed by atoms with van der Waals surface area (Å²) in [5.41, 5.74) is 4.85. The first-order valence-electron chi connectivity index (χ1n) is 7.26. The van der Waals surface area contributed by atoms with Gasteiger partial charge in [0.2, 0.25) is 0 Å². The molecule has 21 heavy (non-hydrogen) atoms. The standard InChI is InChI=1S/C17H16BrN3/c1-2-21-16-8-7-11(18)9-15(16)20-17(21)13-10-19-14-6-4-3-5-12(13)14/h3-9,13,19H,2,10H2,1H3. The van der Waals surface area contributed by atoms with Gasteiger partial charge in [-0.3, -0.25) is 0 Å². The largest absolute Gasteiger partial charge is 0.384 e. The number of imidazole rings is 1. The van der Waals surface area contributed by atoms with Crippen LogP contribution in [0.5, 0.6) is 0 Å². The number of para-hydroxylation sites is 1. The summed E-state index contributed by atoms with van der Waals surface area (Å²) in [6.45, 7) is 4.04. The van der Waals surface area contributed by atoms with Crippen LogP contribution in [0, 0.1) is 0 Å². The molecule has 4 rings (SSSR count). The molecule has 1 atom stereocenters. The third-order valence-electron chi connectivity index (χ3n) is 4.20. The zero-order chi connectivity index (χ0) is 14.4. The number of benzene rings is 2. The summed E-state index contributed by atoms with van der Waals surface area (Å²) < 4.78 is 3.41. The van der Waals surface area contributed by atoms with Gasteiger partial charge < -0.3 is 9.88 Å². The van der Waals surface area contributed by atoms with Crippen LogP contribution in [0.15, 0.2) is 46.9 Å². The molecule has 1 aromatic heterocycles.